The van der Waals surface area contributed by atoms with Gasteiger partial charge in [0.2, 0.25) is 0 Å². The fraction of sp³-hybridized carbons (Fsp3) is 0.385. The van der Waals surface area contributed by atoms with E-state index in [1.165, 1.54) is 5.69 Å². The molecule has 0 spiro atoms. The summed E-state index contributed by atoms with van der Waals surface area (Å²) in [5.41, 5.74) is 2.87. The number of halogens is 1. The Morgan fingerprint density at radius 1 is 1.00 bits per heavy atom. The number of methoxy groups -OCH3 is 2. The number of nitrogens with one attached hydrogen (secondary N) is 3. The van der Waals surface area contributed by atoms with Gasteiger partial charge in [0.1, 0.15) is 17.3 Å². The number of para-hydroxylation sites is 1. The minimum Gasteiger partial charge on any atom is -0.495 e. The highest BCUT2D eigenvalue weighted by atomic mass is 35.5. The van der Waals surface area contributed by atoms with Crippen molar-refractivity contribution < 1.29 is 9.47 Å². The molecule has 1 aliphatic carbocycles. The standard InChI is InChI=1S/C26H32ClN5O2S/c1-32(2)22-14-25(30-20-8-6-5-7-18(20)22)28-16-9-11-17(12-10-16)29-26(35)31-21-13-19(27)23(33-3)15-24(21)34-4/h5-8,13-17H,9-12H2,1-4H3,(H,28,30)(H2,29,31,35). The molecule has 0 unspecified atom stereocenters. The van der Waals surface area contributed by atoms with E-state index in [2.05, 4.69) is 59.2 Å². The lowest BCUT2D eigenvalue weighted by molar-refractivity contribution is 0.388. The Hall–Kier alpha value is -2.97. The summed E-state index contributed by atoms with van der Waals surface area (Å²) >= 11 is 11.8. The first-order valence-corrected chi connectivity index (χ1v) is 12.5. The van der Waals surface area contributed by atoms with E-state index in [1.807, 2.05) is 6.07 Å². The quantitative estimate of drug-likeness (QED) is 0.348. The molecule has 0 saturated heterocycles. The molecule has 0 atom stereocenters. The highest BCUT2D eigenvalue weighted by molar-refractivity contribution is 7.80. The molecule has 4 rings (SSSR count). The SMILES string of the molecule is COc1cc(OC)c(NC(=S)NC2CCC(Nc3cc(N(C)C)c4ccccc4n3)CC2)cc1Cl. The van der Waals surface area contributed by atoms with Crippen LogP contribution < -0.4 is 30.3 Å². The van der Waals surface area contributed by atoms with E-state index in [1.54, 1.807) is 26.4 Å². The van der Waals surface area contributed by atoms with Crippen LogP contribution in [0, 0.1) is 0 Å². The third-order valence-corrected chi connectivity index (χ3v) is 6.83. The van der Waals surface area contributed by atoms with Crippen molar-refractivity contribution >= 4 is 57.0 Å². The Morgan fingerprint density at radius 2 is 1.69 bits per heavy atom. The highest BCUT2D eigenvalue weighted by Crippen LogP contribution is 2.36. The molecule has 0 radical (unpaired) electrons. The van der Waals surface area contributed by atoms with E-state index in [-0.39, 0.29) is 0 Å². The van der Waals surface area contributed by atoms with Gasteiger partial charge < -0.3 is 30.3 Å². The first kappa shape index (κ1) is 25.1. The van der Waals surface area contributed by atoms with Gasteiger partial charge in [0.15, 0.2) is 5.11 Å². The van der Waals surface area contributed by atoms with Crippen molar-refractivity contribution in [1.82, 2.24) is 10.3 Å². The Balaban J connectivity index is 1.33. The van der Waals surface area contributed by atoms with Crippen LogP contribution in [0.4, 0.5) is 17.2 Å². The zero-order valence-electron chi connectivity index (χ0n) is 20.5. The molecule has 3 aromatic rings. The maximum absolute atomic E-state index is 6.28. The largest absolute Gasteiger partial charge is 0.495 e. The number of benzene rings is 2. The summed E-state index contributed by atoms with van der Waals surface area (Å²) in [5, 5.41) is 12.5. The van der Waals surface area contributed by atoms with Crippen LogP contribution in [0.1, 0.15) is 25.7 Å². The van der Waals surface area contributed by atoms with Gasteiger partial charge in [0.25, 0.3) is 0 Å². The first-order valence-electron chi connectivity index (χ1n) is 11.7. The molecule has 2 aromatic carbocycles. The highest BCUT2D eigenvalue weighted by Gasteiger charge is 2.23. The molecule has 3 N–H and O–H groups in total. The van der Waals surface area contributed by atoms with Crippen molar-refractivity contribution in [3.63, 3.8) is 0 Å². The molecule has 0 aliphatic heterocycles. The van der Waals surface area contributed by atoms with Gasteiger partial charge in [-0.05, 0) is 50.0 Å². The van der Waals surface area contributed by atoms with Crippen molar-refractivity contribution in [3.8, 4) is 11.5 Å². The summed E-state index contributed by atoms with van der Waals surface area (Å²) < 4.78 is 10.7. The minimum atomic E-state index is 0.301. The van der Waals surface area contributed by atoms with E-state index in [0.717, 1.165) is 42.4 Å². The number of aromatic nitrogens is 1. The summed E-state index contributed by atoms with van der Waals surface area (Å²) in [6.07, 6.45) is 4.08. The summed E-state index contributed by atoms with van der Waals surface area (Å²) in [4.78, 5) is 6.98. The Morgan fingerprint density at radius 3 is 2.37 bits per heavy atom. The predicted molar refractivity (Wildman–Crippen MR) is 150 cm³/mol. The number of hydrogen-bond acceptors (Lipinski definition) is 6. The van der Waals surface area contributed by atoms with E-state index in [0.29, 0.717) is 39.4 Å². The van der Waals surface area contributed by atoms with Crippen LogP contribution in [-0.2, 0) is 0 Å². The van der Waals surface area contributed by atoms with Crippen LogP contribution in [0.2, 0.25) is 5.02 Å². The molecule has 1 aliphatic rings. The third-order valence-electron chi connectivity index (χ3n) is 6.31. The van der Waals surface area contributed by atoms with Crippen molar-refractivity contribution in [2.75, 3.05) is 43.8 Å². The fourth-order valence-electron chi connectivity index (χ4n) is 4.49. The molecule has 1 aromatic heterocycles. The maximum atomic E-state index is 6.28. The van der Waals surface area contributed by atoms with Crippen LogP contribution in [-0.4, -0.2) is 50.5 Å². The number of pyridine rings is 1. The monoisotopic (exact) mass is 513 g/mol. The molecule has 1 saturated carbocycles. The molecule has 7 nitrogen and oxygen atoms in total. The van der Waals surface area contributed by atoms with Gasteiger partial charge in [-0.25, -0.2) is 4.98 Å². The third kappa shape index (κ3) is 6.00. The van der Waals surface area contributed by atoms with Crippen LogP contribution >= 0.6 is 23.8 Å². The van der Waals surface area contributed by atoms with Crippen LogP contribution in [0.3, 0.4) is 0 Å². The number of fused-ring (bicyclic) bond motifs is 1. The maximum Gasteiger partial charge on any atom is 0.171 e. The second kappa shape index (κ2) is 11.2. The lowest BCUT2D eigenvalue weighted by atomic mass is 9.91. The number of thiocarbonyl (C=S) groups is 1. The summed E-state index contributed by atoms with van der Waals surface area (Å²) in [6.45, 7) is 0. The fourth-order valence-corrected chi connectivity index (χ4v) is 5.01. The zero-order valence-corrected chi connectivity index (χ0v) is 22.1. The molecule has 1 fully saturated rings. The van der Waals surface area contributed by atoms with Crippen molar-refractivity contribution in [2.45, 2.75) is 37.8 Å². The van der Waals surface area contributed by atoms with Crippen molar-refractivity contribution in [3.05, 3.63) is 47.5 Å². The molecule has 9 heteroatoms. The number of nitrogens with zero attached hydrogens (tertiary/aromatic N) is 2. The summed E-state index contributed by atoms with van der Waals surface area (Å²) in [5.74, 6) is 2.09. The molecule has 35 heavy (non-hydrogen) atoms. The predicted octanol–water partition coefficient (Wildman–Crippen LogP) is 5.68. The second-order valence-electron chi connectivity index (χ2n) is 8.92. The van der Waals surface area contributed by atoms with E-state index < -0.39 is 0 Å². The number of ether oxygens (including phenoxy) is 2. The topological polar surface area (TPSA) is 70.7 Å². The Bertz CT molecular complexity index is 1200. The number of hydrogen-bond donors (Lipinski definition) is 3. The van der Waals surface area contributed by atoms with E-state index in [9.17, 15) is 0 Å². The second-order valence-corrected chi connectivity index (χ2v) is 9.73. The summed E-state index contributed by atoms with van der Waals surface area (Å²) in [7, 11) is 7.30. The van der Waals surface area contributed by atoms with Gasteiger partial charge in [-0.1, -0.05) is 29.8 Å². The normalized spacial score (nSPS) is 17.5. The Kier molecular flexibility index (Phi) is 8.03. The van der Waals surface area contributed by atoms with E-state index >= 15 is 0 Å². The van der Waals surface area contributed by atoms with Gasteiger partial charge in [0.05, 0.1) is 30.4 Å². The lowest BCUT2D eigenvalue weighted by Crippen LogP contribution is -2.42. The van der Waals surface area contributed by atoms with Gasteiger partial charge in [-0.15, -0.1) is 0 Å². The minimum absolute atomic E-state index is 0.301. The summed E-state index contributed by atoms with van der Waals surface area (Å²) in [6, 6.07) is 14.6. The molecule has 186 valence electrons. The average molecular weight is 514 g/mol. The molecular formula is C26H32ClN5O2S. The average Bonchev–Trinajstić information content (AvgIpc) is 2.85. The van der Waals surface area contributed by atoms with E-state index in [4.69, 9.17) is 38.3 Å². The van der Waals surface area contributed by atoms with Gasteiger partial charge >= 0.3 is 0 Å². The number of anilines is 3. The molecule has 0 amide bonds. The van der Waals surface area contributed by atoms with Crippen LogP contribution in [0.5, 0.6) is 11.5 Å². The molecular weight excluding hydrogens is 482 g/mol. The van der Waals surface area contributed by atoms with Gasteiger partial charge in [-0.2, -0.15) is 0 Å². The number of rotatable bonds is 7. The van der Waals surface area contributed by atoms with Crippen LogP contribution in [0.25, 0.3) is 10.9 Å². The van der Waals surface area contributed by atoms with Gasteiger partial charge in [0, 0.05) is 49.4 Å². The van der Waals surface area contributed by atoms with Crippen molar-refractivity contribution in [2.24, 2.45) is 0 Å². The van der Waals surface area contributed by atoms with Crippen LogP contribution in [0.15, 0.2) is 42.5 Å². The zero-order chi connectivity index (χ0) is 24.9. The Labute approximate surface area is 217 Å². The molecule has 1 heterocycles. The molecule has 0 bridgehead atoms. The first-order chi connectivity index (χ1) is 16.9. The van der Waals surface area contributed by atoms with Crippen molar-refractivity contribution in [1.29, 1.82) is 0 Å². The lowest BCUT2D eigenvalue weighted by Gasteiger charge is -2.31. The van der Waals surface area contributed by atoms with Gasteiger partial charge in [-0.3, -0.25) is 0 Å². The smallest absolute Gasteiger partial charge is 0.171 e.